The molecule has 15 nitrogen and oxygen atoms in total. The van der Waals surface area contributed by atoms with E-state index in [-0.39, 0.29) is 102 Å². The van der Waals surface area contributed by atoms with E-state index in [4.69, 9.17) is 24.1 Å². The van der Waals surface area contributed by atoms with Crippen molar-refractivity contribution in [2.24, 2.45) is 113 Å². The average Bonchev–Trinajstić information content (AvgIpc) is 1.02. The molecule has 0 amide bonds. The molecule has 0 radical (unpaired) electrons. The van der Waals surface area contributed by atoms with E-state index in [0.29, 0.717) is 52.6 Å². The monoisotopic (exact) mass is 1350 g/mol. The van der Waals surface area contributed by atoms with Gasteiger partial charge in [0.1, 0.15) is 12.2 Å². The largest absolute Gasteiger partial charge is 0.504 e. The number of aliphatic hydroxyl groups is 1. The van der Waals surface area contributed by atoms with Gasteiger partial charge in [-0.15, -0.1) is 0 Å². The van der Waals surface area contributed by atoms with Crippen LogP contribution in [0.2, 0.25) is 0 Å². The Hall–Kier alpha value is -6.22. The number of aromatic hydroxyl groups is 2. The molecule has 10 saturated carbocycles. The van der Waals surface area contributed by atoms with Gasteiger partial charge in [0, 0.05) is 43.9 Å². The summed E-state index contributed by atoms with van der Waals surface area (Å²) < 4.78 is 22.8. The summed E-state index contributed by atoms with van der Waals surface area (Å²) in [7, 11) is 1.00. The number of fused-ring (bicyclic) bond motifs is 14. The summed E-state index contributed by atoms with van der Waals surface area (Å²) in [4.78, 5) is 75.4. The zero-order valence-electron chi connectivity index (χ0n) is 61.6. The lowest BCUT2D eigenvalue weighted by Crippen LogP contribution is -2.67. The number of esters is 4. The predicted molar refractivity (Wildman–Crippen MR) is 378 cm³/mol. The van der Waals surface area contributed by atoms with Crippen LogP contribution in [0, 0.1) is 113 Å². The topological polar surface area (TPSA) is 240 Å². The third-order valence-corrected chi connectivity index (χ3v) is 30.7. The predicted octanol–water partition coefficient (Wildman–Crippen LogP) is 17.6. The van der Waals surface area contributed by atoms with Crippen LogP contribution in [0.5, 0.6) is 23.0 Å². The number of allylic oxidation sites excluding steroid dienone is 2. The van der Waals surface area contributed by atoms with Gasteiger partial charge in [0.15, 0.2) is 23.0 Å². The number of aliphatic hydroxyl groups excluding tert-OH is 1. The highest BCUT2D eigenvalue weighted by atomic mass is 16.6. The Morgan fingerprint density at radius 1 is 0.439 bits per heavy atom. The highest BCUT2D eigenvalue weighted by Crippen LogP contribution is 2.80. The summed E-state index contributed by atoms with van der Waals surface area (Å²) in [6.07, 6.45) is 25.1. The number of carboxylic acids is 2. The van der Waals surface area contributed by atoms with Gasteiger partial charge in [0.05, 0.1) is 10.8 Å². The van der Waals surface area contributed by atoms with Gasteiger partial charge < -0.3 is 44.5 Å². The van der Waals surface area contributed by atoms with Gasteiger partial charge in [-0.05, 0) is 281 Å². The van der Waals surface area contributed by atoms with E-state index in [1.165, 1.54) is 49.8 Å². The van der Waals surface area contributed by atoms with Gasteiger partial charge in [-0.2, -0.15) is 0 Å². The molecule has 12 rings (SSSR count). The van der Waals surface area contributed by atoms with Gasteiger partial charge >= 0.3 is 35.8 Å². The summed E-state index contributed by atoms with van der Waals surface area (Å²) in [6, 6.07) is 9.22. The van der Waals surface area contributed by atoms with Gasteiger partial charge in [-0.3, -0.25) is 19.2 Å². The van der Waals surface area contributed by atoms with Crippen LogP contribution in [-0.4, -0.2) is 80.7 Å². The fourth-order valence-electron chi connectivity index (χ4n) is 25.8. The zero-order valence-corrected chi connectivity index (χ0v) is 61.6. The van der Waals surface area contributed by atoms with Gasteiger partial charge in [0.2, 0.25) is 0 Å². The van der Waals surface area contributed by atoms with Crippen LogP contribution in [0.4, 0.5) is 0 Å². The van der Waals surface area contributed by atoms with Crippen molar-refractivity contribution < 1.29 is 73.2 Å². The number of hydrogen-bond donors (Lipinski definition) is 5. The summed E-state index contributed by atoms with van der Waals surface area (Å²) in [6.45, 7) is 39.9. The molecule has 10 fully saturated rings. The number of benzene rings is 2. The molecule has 0 bridgehead atoms. The van der Waals surface area contributed by atoms with Crippen LogP contribution < -0.4 is 9.47 Å². The minimum atomic E-state index is -0.617. The number of rotatable bonds is 12. The Balaban J connectivity index is 0.000000209. The molecule has 10 aliphatic carbocycles. The van der Waals surface area contributed by atoms with E-state index in [9.17, 15) is 49.2 Å². The first-order valence-electron chi connectivity index (χ1n) is 36.8. The van der Waals surface area contributed by atoms with E-state index in [2.05, 4.69) is 96.2 Å². The first kappa shape index (κ1) is 74.5. The molecule has 2 aromatic rings. The van der Waals surface area contributed by atoms with Crippen molar-refractivity contribution in [1.29, 1.82) is 0 Å². The second-order valence-electron chi connectivity index (χ2n) is 35.2. The summed E-state index contributed by atoms with van der Waals surface area (Å²) in [5, 5.41) is 47.7. The molecule has 5 N–H and O–H groups in total. The Labute approximate surface area is 583 Å². The lowest BCUT2D eigenvalue weighted by Gasteiger charge is -2.72. The fraction of sp³-hybridized carbons (Fsp3) is 0.687. The van der Waals surface area contributed by atoms with E-state index in [1.54, 1.807) is 30.4 Å². The van der Waals surface area contributed by atoms with Crippen molar-refractivity contribution in [1.82, 2.24) is 0 Å². The minimum absolute atomic E-state index is 0.0650. The number of aliphatic carboxylic acids is 2. The number of carbonyl (C=O) groups excluding carboxylic acids is 4. The molecule has 0 unspecified atom stereocenters. The van der Waals surface area contributed by atoms with Crippen LogP contribution in [0.25, 0.3) is 12.2 Å². The molecule has 2 aromatic carbocycles. The van der Waals surface area contributed by atoms with Crippen LogP contribution in [0.1, 0.15) is 236 Å². The van der Waals surface area contributed by atoms with Crippen molar-refractivity contribution in [3.63, 3.8) is 0 Å². The Morgan fingerprint density at radius 3 is 1.22 bits per heavy atom. The number of carbonyl (C=O) groups is 6. The van der Waals surface area contributed by atoms with Gasteiger partial charge in [0.25, 0.3) is 0 Å². The van der Waals surface area contributed by atoms with Gasteiger partial charge in [-0.25, -0.2) is 9.59 Å². The van der Waals surface area contributed by atoms with Crippen molar-refractivity contribution >= 4 is 48.0 Å². The lowest BCUT2D eigenvalue weighted by atomic mass is 9.32. The second kappa shape index (κ2) is 26.6. The number of hydrogen-bond acceptors (Lipinski definition) is 13. The number of phenols is 2. The maximum Gasteiger partial charge on any atom is 0.331 e. The third kappa shape index (κ3) is 11.9. The molecule has 10 aliphatic rings. The molecule has 0 aromatic heterocycles. The molecule has 15 heteroatoms. The zero-order chi connectivity index (χ0) is 72.1. The average molecular weight is 1350 g/mol. The van der Waals surface area contributed by atoms with E-state index < -0.39 is 40.7 Å². The summed E-state index contributed by atoms with van der Waals surface area (Å²) in [5.41, 5.74) is 2.50. The summed E-state index contributed by atoms with van der Waals surface area (Å²) in [5.74, 6) is 0.334. The smallest absolute Gasteiger partial charge is 0.331 e. The highest BCUT2D eigenvalue weighted by Gasteiger charge is 2.75. The SMILES string of the molecule is C=C(C)[C@@H]1CC[C@]2(C(=O)O)CC[C@]3(C)[C@H](CC[C@@H]4[C@@]5(C)CC[C@H](OC(=O)/C=C/c6ccc(O)c(O)c6)C(C)(C)[C@@H]5CC[C@]43C)[C@@H]12.C=C(C)[C@@H]1CC[C@]2(C(=O)O)CC[C@]3(C)[C@H](CC[C@@H]4[C@@]5(C)CC[C@H](OC(=O)/C=C/c6ccc(OC(C)=O)c(OC(C)=O)c6)C(C)(C)[C@@H]5CC[C@]43C)[C@@H]12.CO. The van der Waals surface area contributed by atoms with Crippen LogP contribution >= 0.6 is 0 Å². The second-order valence-corrected chi connectivity index (χ2v) is 35.2. The maximum atomic E-state index is 13.3. The van der Waals surface area contributed by atoms with E-state index in [0.717, 1.165) is 141 Å². The Kier molecular flexibility index (Phi) is 20.2. The maximum absolute atomic E-state index is 13.3. The molecule has 0 saturated heterocycles. The minimum Gasteiger partial charge on any atom is -0.504 e. The van der Waals surface area contributed by atoms with Crippen LogP contribution in [0.15, 0.2) is 72.9 Å². The van der Waals surface area contributed by atoms with Gasteiger partial charge in [-0.1, -0.05) is 106 Å². The third-order valence-electron chi connectivity index (χ3n) is 30.7. The van der Waals surface area contributed by atoms with Crippen molar-refractivity contribution in [2.45, 2.75) is 238 Å². The first-order chi connectivity index (χ1) is 45.8. The van der Waals surface area contributed by atoms with E-state index >= 15 is 0 Å². The van der Waals surface area contributed by atoms with E-state index in [1.807, 2.05) is 0 Å². The molecular weight excluding hydrogens is 1240 g/mol. The first-order valence-corrected chi connectivity index (χ1v) is 36.8. The lowest BCUT2D eigenvalue weighted by molar-refractivity contribution is -0.250. The van der Waals surface area contributed by atoms with Crippen molar-refractivity contribution in [3.05, 3.63) is 84.0 Å². The Morgan fingerprint density at radius 2 is 0.837 bits per heavy atom. The molecule has 0 heterocycles. The molecular formula is C83H116O15. The molecule has 0 aliphatic heterocycles. The normalized spacial score (nSPS) is 40.5. The molecule has 538 valence electrons. The number of ether oxygens (including phenoxy) is 4. The van der Waals surface area contributed by atoms with Crippen LogP contribution in [-0.2, 0) is 38.2 Å². The number of carboxylic acid groups (broad SMARTS) is 2. The standard InChI is InChI=1S/C43H58O8.C39H54O6.CH4O/c1-25(2)29-16-21-43(38(47)48)23-22-41(8)30(37(29)43)12-14-34-40(7)19-18-35(39(5,6)33(40)17-20-42(34,41)9)51-36(46)15-11-28-10-13-31(49-26(3)44)32(24-28)50-27(4)45;1-23(2)25-14-19-39(34(43)44)21-20-37(6)26(33(25)39)10-12-30-36(5)17-16-31(35(3,4)29(36)15-18-38(30,37)7)45-32(42)13-9-24-8-11-27(40)28(41)22-24;1-2/h10-11,13,15,24,29-30,33-35,37H,1,12,14,16-23H2,2-9H3,(H,47,48);8-9,11,13,22,25-26,29-31,33,40-41H,1,10,12,14-21H2,2-7H3,(H,43,44);2H,1H3/b15-11+;13-9+;/t29-,30+,33-,34+,35-,37+,40-,41+,42+,43-;25-,26+,29-,30+,31-,33+,36-,37+,38+,39-;/m00./s1. The quantitative estimate of drug-likeness (QED) is 0.0436. The summed E-state index contributed by atoms with van der Waals surface area (Å²) >= 11 is 0. The fourth-order valence-corrected chi connectivity index (χ4v) is 25.8. The molecule has 98 heavy (non-hydrogen) atoms. The van der Waals surface area contributed by atoms with Crippen molar-refractivity contribution in [3.8, 4) is 23.0 Å². The van der Waals surface area contributed by atoms with Crippen molar-refractivity contribution in [2.75, 3.05) is 7.11 Å². The number of phenolic OH excluding ortho intramolecular Hbond substituents is 2. The van der Waals surface area contributed by atoms with Crippen LogP contribution in [0.3, 0.4) is 0 Å². The molecule has 20 atom stereocenters. The molecule has 0 spiro atoms. The Bertz CT molecular complexity index is 3540. The highest BCUT2D eigenvalue weighted by molar-refractivity contribution is 5.88.